The van der Waals surface area contributed by atoms with E-state index in [1.807, 2.05) is 25.1 Å². The molecule has 35 heavy (non-hydrogen) atoms. The van der Waals surface area contributed by atoms with Crippen molar-refractivity contribution < 1.29 is 17.6 Å². The summed E-state index contributed by atoms with van der Waals surface area (Å²) in [6.45, 7) is 1.94. The highest BCUT2D eigenvalue weighted by Crippen LogP contribution is 2.31. The minimum Gasteiger partial charge on any atom is -0.468 e. The molecule has 0 saturated carbocycles. The number of furan rings is 1. The smallest absolute Gasteiger partial charge is 0.265 e. The molecule has 0 radical (unpaired) electrons. The SMILES string of the molecule is Cc1nn(-c2ccc(Cl)cc2)c2sc(C(=O)Nc3ccc(S(=O)(=O)NCc4ccco4)cc3)cc12. The first kappa shape index (κ1) is 23.3. The standard InChI is InChI=1S/C24H19ClN4O4S2/c1-15-21-13-22(34-24(21)29(28-15)18-8-4-16(25)5-9-18)23(30)27-17-6-10-20(11-7-17)35(31,32)26-14-19-3-2-12-33-19/h2-13,26H,14H2,1H3,(H,27,30). The van der Waals surface area contributed by atoms with Crippen LogP contribution in [0.3, 0.4) is 0 Å². The number of hydrogen-bond donors (Lipinski definition) is 2. The van der Waals surface area contributed by atoms with Crippen LogP contribution in [0.4, 0.5) is 5.69 Å². The van der Waals surface area contributed by atoms with E-state index in [1.165, 1.54) is 29.7 Å². The van der Waals surface area contributed by atoms with Gasteiger partial charge in [-0.2, -0.15) is 5.10 Å². The summed E-state index contributed by atoms with van der Waals surface area (Å²) < 4.78 is 34.4. The summed E-state index contributed by atoms with van der Waals surface area (Å²) in [5.41, 5.74) is 2.13. The number of fused-ring (bicyclic) bond motifs is 1. The number of hydrogen-bond acceptors (Lipinski definition) is 6. The van der Waals surface area contributed by atoms with Crippen LogP contribution in [-0.2, 0) is 16.6 Å². The molecule has 0 unspecified atom stereocenters. The molecule has 0 aliphatic carbocycles. The van der Waals surface area contributed by atoms with E-state index in [9.17, 15) is 13.2 Å². The molecule has 5 rings (SSSR count). The Hall–Kier alpha value is -3.44. The van der Waals surface area contributed by atoms with Gasteiger partial charge in [-0.25, -0.2) is 17.8 Å². The van der Waals surface area contributed by atoms with Gasteiger partial charge < -0.3 is 9.73 Å². The largest absolute Gasteiger partial charge is 0.468 e. The summed E-state index contributed by atoms with van der Waals surface area (Å²) in [5, 5.41) is 8.92. The molecule has 0 aliphatic heterocycles. The fourth-order valence-corrected chi connectivity index (χ4v) is 5.69. The molecular formula is C24H19ClN4O4S2. The summed E-state index contributed by atoms with van der Waals surface area (Å²) >= 11 is 7.32. The number of anilines is 1. The van der Waals surface area contributed by atoms with Gasteiger partial charge in [-0.15, -0.1) is 11.3 Å². The lowest BCUT2D eigenvalue weighted by Gasteiger charge is -2.07. The number of nitrogens with one attached hydrogen (secondary N) is 2. The maximum atomic E-state index is 12.9. The van der Waals surface area contributed by atoms with E-state index in [4.69, 9.17) is 16.0 Å². The van der Waals surface area contributed by atoms with Crippen LogP contribution in [0.25, 0.3) is 15.9 Å². The van der Waals surface area contributed by atoms with E-state index in [2.05, 4.69) is 15.1 Å². The first-order valence-corrected chi connectivity index (χ1v) is 13.2. The third-order valence-corrected chi connectivity index (χ3v) is 8.06. The zero-order valence-electron chi connectivity index (χ0n) is 18.4. The average molecular weight is 527 g/mol. The zero-order valence-corrected chi connectivity index (χ0v) is 20.7. The first-order valence-electron chi connectivity index (χ1n) is 10.5. The van der Waals surface area contributed by atoms with Crippen molar-refractivity contribution in [3.05, 3.63) is 94.3 Å². The summed E-state index contributed by atoms with van der Waals surface area (Å²) in [5.74, 6) is 0.218. The Balaban J connectivity index is 1.32. The van der Waals surface area contributed by atoms with Crippen LogP contribution in [-0.4, -0.2) is 24.1 Å². The molecule has 1 amide bonds. The van der Waals surface area contributed by atoms with Gasteiger partial charge in [0, 0.05) is 16.1 Å². The predicted octanol–water partition coefficient (Wildman–Crippen LogP) is 5.37. The molecule has 0 aliphatic rings. The maximum absolute atomic E-state index is 12.9. The fraction of sp³-hybridized carbons (Fsp3) is 0.0833. The molecule has 0 bridgehead atoms. The van der Waals surface area contributed by atoms with Crippen molar-refractivity contribution in [2.24, 2.45) is 0 Å². The molecule has 3 aromatic heterocycles. The maximum Gasteiger partial charge on any atom is 0.265 e. The van der Waals surface area contributed by atoms with Gasteiger partial charge in [0.05, 0.1) is 34.0 Å². The monoisotopic (exact) mass is 526 g/mol. The van der Waals surface area contributed by atoms with Gasteiger partial charge in [-0.3, -0.25) is 4.79 Å². The van der Waals surface area contributed by atoms with E-state index in [0.29, 0.717) is 21.3 Å². The van der Waals surface area contributed by atoms with Crippen LogP contribution in [0.2, 0.25) is 5.02 Å². The number of benzene rings is 2. The summed E-state index contributed by atoms with van der Waals surface area (Å²) in [6, 6.07) is 18.5. The second kappa shape index (κ2) is 9.31. The molecule has 5 aromatic rings. The van der Waals surface area contributed by atoms with Crippen LogP contribution in [0.1, 0.15) is 21.1 Å². The van der Waals surface area contributed by atoms with Crippen molar-refractivity contribution >= 4 is 54.8 Å². The lowest BCUT2D eigenvalue weighted by atomic mass is 10.3. The highest BCUT2D eigenvalue weighted by atomic mass is 35.5. The Kier molecular flexibility index (Phi) is 6.20. The minimum absolute atomic E-state index is 0.0482. The fourth-order valence-electron chi connectivity index (χ4n) is 3.49. The molecule has 0 saturated heterocycles. The summed E-state index contributed by atoms with van der Waals surface area (Å²) in [4.78, 5) is 14.4. The number of halogens is 1. The molecular weight excluding hydrogens is 508 g/mol. The highest BCUT2D eigenvalue weighted by molar-refractivity contribution is 7.89. The van der Waals surface area contributed by atoms with Crippen LogP contribution >= 0.6 is 22.9 Å². The zero-order chi connectivity index (χ0) is 24.6. The quantitative estimate of drug-likeness (QED) is 0.296. The Morgan fingerprint density at radius 3 is 2.54 bits per heavy atom. The lowest BCUT2D eigenvalue weighted by Crippen LogP contribution is -2.23. The molecule has 2 aromatic carbocycles. The van der Waals surface area contributed by atoms with Crippen LogP contribution < -0.4 is 10.0 Å². The second-order valence-corrected chi connectivity index (χ2v) is 10.9. The van der Waals surface area contributed by atoms with Gasteiger partial charge >= 0.3 is 0 Å². The number of aromatic nitrogens is 2. The highest BCUT2D eigenvalue weighted by Gasteiger charge is 2.18. The van der Waals surface area contributed by atoms with E-state index in [-0.39, 0.29) is 17.3 Å². The van der Waals surface area contributed by atoms with Gasteiger partial charge in [0.2, 0.25) is 10.0 Å². The van der Waals surface area contributed by atoms with Crippen LogP contribution in [0.5, 0.6) is 0 Å². The summed E-state index contributed by atoms with van der Waals surface area (Å²) in [6.07, 6.45) is 1.48. The van der Waals surface area contributed by atoms with Gasteiger partial charge in [0.25, 0.3) is 5.91 Å². The normalized spacial score (nSPS) is 11.7. The van der Waals surface area contributed by atoms with Crippen molar-refractivity contribution in [2.45, 2.75) is 18.4 Å². The molecule has 178 valence electrons. The van der Waals surface area contributed by atoms with E-state index in [0.717, 1.165) is 21.6 Å². The van der Waals surface area contributed by atoms with Gasteiger partial charge in [-0.05, 0) is 73.7 Å². The molecule has 0 atom stereocenters. The van der Waals surface area contributed by atoms with Crippen molar-refractivity contribution in [1.29, 1.82) is 0 Å². The number of carbonyl (C=O) groups excluding carboxylic acids is 1. The van der Waals surface area contributed by atoms with Crippen LogP contribution in [0, 0.1) is 6.92 Å². The van der Waals surface area contributed by atoms with Crippen molar-refractivity contribution in [3.8, 4) is 5.69 Å². The van der Waals surface area contributed by atoms with E-state index < -0.39 is 10.0 Å². The second-order valence-electron chi connectivity index (χ2n) is 7.69. The number of rotatable bonds is 7. The Morgan fingerprint density at radius 2 is 1.86 bits per heavy atom. The Labute approximate surface area is 210 Å². The third-order valence-electron chi connectivity index (χ3n) is 5.28. The van der Waals surface area contributed by atoms with Gasteiger partial charge in [-0.1, -0.05) is 11.6 Å². The minimum atomic E-state index is -3.72. The Bertz CT molecular complexity index is 1600. The van der Waals surface area contributed by atoms with Gasteiger partial charge in [0.15, 0.2) is 0 Å². The van der Waals surface area contributed by atoms with Crippen LogP contribution in [0.15, 0.2) is 82.3 Å². The molecule has 0 spiro atoms. The van der Waals surface area contributed by atoms with Gasteiger partial charge in [0.1, 0.15) is 10.6 Å². The average Bonchev–Trinajstić information content (AvgIpc) is 3.58. The number of thiophene rings is 1. The molecule has 8 nitrogen and oxygen atoms in total. The molecule has 0 fully saturated rings. The lowest BCUT2D eigenvalue weighted by molar-refractivity contribution is 0.103. The van der Waals surface area contributed by atoms with Crippen molar-refractivity contribution in [2.75, 3.05) is 5.32 Å². The number of nitrogens with zero attached hydrogens (tertiary/aromatic N) is 2. The van der Waals surface area contributed by atoms with E-state index >= 15 is 0 Å². The first-order chi connectivity index (χ1) is 16.8. The number of carbonyl (C=O) groups is 1. The molecule has 11 heteroatoms. The predicted molar refractivity (Wildman–Crippen MR) is 136 cm³/mol. The van der Waals surface area contributed by atoms with Crippen molar-refractivity contribution in [1.82, 2.24) is 14.5 Å². The molecule has 3 heterocycles. The van der Waals surface area contributed by atoms with E-state index in [1.54, 1.807) is 41.1 Å². The third kappa shape index (κ3) is 4.87. The number of aryl methyl sites for hydroxylation is 1. The number of amides is 1. The summed E-state index contributed by atoms with van der Waals surface area (Å²) in [7, 11) is -3.72. The topological polar surface area (TPSA) is 106 Å². The Morgan fingerprint density at radius 1 is 1.11 bits per heavy atom. The van der Waals surface area contributed by atoms with Crippen molar-refractivity contribution in [3.63, 3.8) is 0 Å². The molecule has 2 N–H and O–H groups in total. The number of sulfonamides is 1.